The molecule has 2 atom stereocenters. The second-order valence-electron chi connectivity index (χ2n) is 12.2. The Morgan fingerprint density at radius 1 is 0.667 bits per heavy atom. The zero-order valence-corrected chi connectivity index (χ0v) is 29.7. The van der Waals surface area contributed by atoms with Crippen molar-refractivity contribution in [1.82, 2.24) is 5.32 Å². The van der Waals surface area contributed by atoms with Crippen LogP contribution in [0.4, 0.5) is 0 Å². The molecule has 0 saturated carbocycles. The number of phosphoric acid groups is 1. The van der Waals surface area contributed by atoms with Crippen molar-refractivity contribution in [2.75, 3.05) is 26.4 Å². The van der Waals surface area contributed by atoms with Gasteiger partial charge in [0.2, 0.25) is 5.91 Å². The predicted octanol–water partition coefficient (Wildman–Crippen LogP) is 9.10. The van der Waals surface area contributed by atoms with Gasteiger partial charge in [-0.15, -0.1) is 0 Å². The van der Waals surface area contributed by atoms with Crippen LogP contribution in [0.2, 0.25) is 0 Å². The van der Waals surface area contributed by atoms with Crippen LogP contribution in [-0.4, -0.2) is 54.3 Å². The standard InChI is InChI=1S/C35H68NO8P/c1-3-5-7-9-11-13-15-17-19-21-23-25-27-34(38)36-29-30-43-45(40,41)44-32-33(37)31-42-35(39)28-26-24-22-20-18-16-14-12-10-8-6-4-2/h11,13,33,37H,3-10,12,14-32H2,1-2H3,(H,36,38)(H,40,41)/b13-11-. The van der Waals surface area contributed by atoms with Gasteiger partial charge in [-0.2, -0.15) is 0 Å². The fourth-order valence-corrected chi connectivity index (χ4v) is 5.66. The molecule has 0 aliphatic rings. The number of unbranched alkanes of at least 4 members (excludes halogenated alkanes) is 19. The molecule has 1 amide bonds. The fraction of sp³-hybridized carbons (Fsp3) is 0.886. The molecule has 0 aromatic rings. The Morgan fingerprint density at radius 3 is 1.71 bits per heavy atom. The molecule has 9 nitrogen and oxygen atoms in total. The summed E-state index contributed by atoms with van der Waals surface area (Å²) in [5.74, 6) is -0.524. The number of phosphoric ester groups is 1. The van der Waals surface area contributed by atoms with Gasteiger partial charge in [0.15, 0.2) is 0 Å². The van der Waals surface area contributed by atoms with Crippen LogP contribution in [0.25, 0.3) is 0 Å². The van der Waals surface area contributed by atoms with Crippen LogP contribution < -0.4 is 5.32 Å². The number of aliphatic hydroxyl groups is 1. The lowest BCUT2D eigenvalue weighted by Gasteiger charge is -2.15. The highest BCUT2D eigenvalue weighted by molar-refractivity contribution is 7.47. The van der Waals surface area contributed by atoms with E-state index in [2.05, 4.69) is 31.3 Å². The largest absolute Gasteiger partial charge is 0.472 e. The van der Waals surface area contributed by atoms with E-state index < -0.39 is 26.5 Å². The summed E-state index contributed by atoms with van der Waals surface area (Å²) < 4.78 is 26.7. The maximum atomic E-state index is 12.0. The van der Waals surface area contributed by atoms with Gasteiger partial charge >= 0.3 is 13.8 Å². The first-order chi connectivity index (χ1) is 21.8. The van der Waals surface area contributed by atoms with Crippen LogP contribution in [0.5, 0.6) is 0 Å². The summed E-state index contributed by atoms with van der Waals surface area (Å²) in [4.78, 5) is 33.6. The molecule has 0 aliphatic carbocycles. The van der Waals surface area contributed by atoms with E-state index in [-0.39, 0.29) is 32.1 Å². The molecule has 0 aromatic heterocycles. The number of carbonyl (C=O) groups is 2. The summed E-state index contributed by atoms with van der Waals surface area (Å²) in [6.07, 6.45) is 29.9. The van der Waals surface area contributed by atoms with Crippen molar-refractivity contribution in [1.29, 1.82) is 0 Å². The average Bonchev–Trinajstić information content (AvgIpc) is 3.02. The number of hydrogen-bond acceptors (Lipinski definition) is 7. The van der Waals surface area contributed by atoms with E-state index >= 15 is 0 Å². The smallest absolute Gasteiger partial charge is 0.463 e. The second kappa shape index (κ2) is 32.7. The predicted molar refractivity (Wildman–Crippen MR) is 183 cm³/mol. The zero-order chi connectivity index (χ0) is 33.3. The number of hydrogen-bond donors (Lipinski definition) is 3. The first-order valence-corrected chi connectivity index (χ1v) is 19.7. The van der Waals surface area contributed by atoms with E-state index in [0.29, 0.717) is 6.42 Å². The van der Waals surface area contributed by atoms with Gasteiger partial charge in [0.1, 0.15) is 12.7 Å². The number of aliphatic hydroxyl groups excluding tert-OH is 1. The average molecular weight is 662 g/mol. The van der Waals surface area contributed by atoms with Crippen molar-refractivity contribution in [2.24, 2.45) is 0 Å². The number of rotatable bonds is 34. The first kappa shape index (κ1) is 43.8. The van der Waals surface area contributed by atoms with E-state index in [1.165, 1.54) is 89.9 Å². The lowest BCUT2D eigenvalue weighted by molar-refractivity contribution is -0.147. The Bertz CT molecular complexity index is 764. The molecule has 0 rings (SSSR count). The minimum atomic E-state index is -4.40. The van der Waals surface area contributed by atoms with Gasteiger partial charge < -0.3 is 20.1 Å². The third-order valence-corrected chi connectivity index (χ3v) is 8.68. The highest BCUT2D eigenvalue weighted by Crippen LogP contribution is 2.42. The highest BCUT2D eigenvalue weighted by Gasteiger charge is 2.23. The van der Waals surface area contributed by atoms with E-state index in [1.807, 2.05) is 0 Å². The fourth-order valence-electron chi connectivity index (χ4n) is 4.90. The molecule has 10 heteroatoms. The normalized spacial score (nSPS) is 13.6. The lowest BCUT2D eigenvalue weighted by atomic mass is 10.0. The number of amides is 1. The maximum Gasteiger partial charge on any atom is 0.472 e. The summed E-state index contributed by atoms with van der Waals surface area (Å²) in [5, 5.41) is 12.6. The van der Waals surface area contributed by atoms with Crippen LogP contribution in [0, 0.1) is 0 Å². The van der Waals surface area contributed by atoms with Crippen LogP contribution in [-0.2, 0) is 27.9 Å². The molecular weight excluding hydrogens is 593 g/mol. The van der Waals surface area contributed by atoms with Gasteiger partial charge in [-0.25, -0.2) is 4.57 Å². The first-order valence-electron chi connectivity index (χ1n) is 18.2. The summed E-state index contributed by atoms with van der Waals surface area (Å²) in [5.41, 5.74) is 0. The summed E-state index contributed by atoms with van der Waals surface area (Å²) in [6.45, 7) is 3.50. The summed E-state index contributed by atoms with van der Waals surface area (Å²) in [6, 6.07) is 0. The third kappa shape index (κ3) is 33.9. The van der Waals surface area contributed by atoms with Gasteiger partial charge in [0, 0.05) is 19.4 Å². The maximum absolute atomic E-state index is 12.0. The second-order valence-corrected chi connectivity index (χ2v) is 13.7. The molecule has 0 aliphatic heterocycles. The third-order valence-electron chi connectivity index (χ3n) is 7.70. The van der Waals surface area contributed by atoms with Crippen molar-refractivity contribution in [3.63, 3.8) is 0 Å². The Labute approximate surface area is 275 Å². The minimum Gasteiger partial charge on any atom is -0.463 e. The number of esters is 1. The monoisotopic (exact) mass is 661 g/mol. The van der Waals surface area contributed by atoms with E-state index in [9.17, 15) is 24.2 Å². The quantitative estimate of drug-likeness (QED) is 0.0269. The van der Waals surface area contributed by atoms with Gasteiger partial charge in [-0.05, 0) is 38.5 Å². The van der Waals surface area contributed by atoms with Gasteiger partial charge in [-0.1, -0.05) is 129 Å². The Kier molecular flexibility index (Phi) is 31.8. The highest BCUT2D eigenvalue weighted by atomic mass is 31.2. The molecule has 2 unspecified atom stereocenters. The van der Waals surface area contributed by atoms with E-state index in [1.54, 1.807) is 0 Å². The van der Waals surface area contributed by atoms with Crippen LogP contribution >= 0.6 is 7.82 Å². The Hall–Kier alpha value is -1.25. The number of carbonyl (C=O) groups excluding carboxylic acids is 2. The van der Waals surface area contributed by atoms with Gasteiger partial charge in [0.05, 0.1) is 13.2 Å². The molecule has 0 saturated heterocycles. The van der Waals surface area contributed by atoms with Crippen molar-refractivity contribution >= 4 is 19.7 Å². The number of allylic oxidation sites excluding steroid dienone is 2. The van der Waals surface area contributed by atoms with Crippen LogP contribution in [0.3, 0.4) is 0 Å². The van der Waals surface area contributed by atoms with Crippen LogP contribution in [0.15, 0.2) is 12.2 Å². The molecule has 3 N–H and O–H groups in total. The molecule has 0 bridgehead atoms. The molecule has 0 fully saturated rings. The summed E-state index contributed by atoms with van der Waals surface area (Å²) in [7, 11) is -4.40. The molecular formula is C35H68NO8P. The van der Waals surface area contributed by atoms with E-state index in [0.717, 1.165) is 51.4 Å². The topological polar surface area (TPSA) is 131 Å². The lowest BCUT2D eigenvalue weighted by Crippen LogP contribution is -2.27. The van der Waals surface area contributed by atoms with Crippen molar-refractivity contribution in [3.8, 4) is 0 Å². The zero-order valence-electron chi connectivity index (χ0n) is 28.8. The van der Waals surface area contributed by atoms with Crippen LogP contribution in [0.1, 0.15) is 168 Å². The molecule has 0 spiro atoms. The van der Waals surface area contributed by atoms with E-state index in [4.69, 9.17) is 13.8 Å². The molecule has 0 radical (unpaired) electrons. The summed E-state index contributed by atoms with van der Waals surface area (Å²) >= 11 is 0. The van der Waals surface area contributed by atoms with Gasteiger partial charge in [0.25, 0.3) is 0 Å². The van der Waals surface area contributed by atoms with Crippen molar-refractivity contribution in [2.45, 2.75) is 174 Å². The molecule has 45 heavy (non-hydrogen) atoms. The molecule has 266 valence electrons. The SMILES string of the molecule is CCCCC/C=C\CCCCCCCC(=O)NCCOP(=O)(O)OCC(O)COC(=O)CCCCCCCCCCCCCC. The Morgan fingerprint density at radius 2 is 1.13 bits per heavy atom. The Balaban J connectivity index is 3.63. The van der Waals surface area contributed by atoms with Crippen molar-refractivity contribution < 1.29 is 37.9 Å². The number of nitrogens with one attached hydrogen (secondary N) is 1. The van der Waals surface area contributed by atoms with Gasteiger partial charge in [-0.3, -0.25) is 18.6 Å². The molecule has 0 aromatic carbocycles. The molecule has 0 heterocycles. The number of ether oxygens (including phenoxy) is 1. The minimum absolute atomic E-state index is 0.0800. The van der Waals surface area contributed by atoms with Crippen molar-refractivity contribution in [3.05, 3.63) is 12.2 Å².